The second-order valence-corrected chi connectivity index (χ2v) is 12.1. The quantitative estimate of drug-likeness (QED) is 0.0670. The Hall–Kier alpha value is -2.86. The first kappa shape index (κ1) is 30.1. The maximum absolute atomic E-state index is 12.9. The second-order valence-electron chi connectivity index (χ2n) is 10.1. The molecule has 0 radical (unpaired) electrons. The van der Waals surface area contributed by atoms with Crippen molar-refractivity contribution in [3.05, 3.63) is 83.3 Å². The van der Waals surface area contributed by atoms with Gasteiger partial charge in [0, 0.05) is 16.3 Å². The lowest BCUT2D eigenvalue weighted by atomic mass is 10.1. The van der Waals surface area contributed by atoms with Gasteiger partial charge in [-0.1, -0.05) is 112 Å². The van der Waals surface area contributed by atoms with E-state index in [1.54, 1.807) is 41.7 Å². The molecule has 1 aromatic heterocycles. The van der Waals surface area contributed by atoms with Gasteiger partial charge in [0.25, 0.3) is 0 Å². The standard InChI is InChI=1S/C32H40NO5PS/c1-2-3-4-5-6-7-8-9-10-11-22-36-31-19-13-18-30-29(31)17-14-20-32(30)38-39(34,35)37-28-16-12-15-27(24-28)25-33-21-23-40-26-33/h12-21,23-24,26H,2-11,22,25H2,1H3. The Morgan fingerprint density at radius 3 is 2.15 bits per heavy atom. The number of phosphoric ester groups is 1. The molecule has 214 valence electrons. The van der Waals surface area contributed by atoms with Crippen LogP contribution in [0.5, 0.6) is 17.2 Å². The van der Waals surface area contributed by atoms with E-state index in [-0.39, 0.29) is 11.5 Å². The fourth-order valence-corrected chi connectivity index (χ4v) is 6.17. The molecule has 40 heavy (non-hydrogen) atoms. The van der Waals surface area contributed by atoms with E-state index in [2.05, 4.69) is 6.92 Å². The topological polar surface area (TPSA) is 71.7 Å². The maximum Gasteiger partial charge on any atom is 0.372 e. The summed E-state index contributed by atoms with van der Waals surface area (Å²) in [6.07, 6.45) is 14.7. The van der Waals surface area contributed by atoms with Gasteiger partial charge in [0.2, 0.25) is 5.51 Å². The van der Waals surface area contributed by atoms with Crippen molar-refractivity contribution in [2.45, 2.75) is 77.7 Å². The summed E-state index contributed by atoms with van der Waals surface area (Å²) in [5.74, 6) is 1.15. The van der Waals surface area contributed by atoms with Crippen molar-refractivity contribution in [1.82, 2.24) is 0 Å². The highest BCUT2D eigenvalue weighted by Gasteiger charge is 2.17. The molecule has 0 aliphatic carbocycles. The van der Waals surface area contributed by atoms with Gasteiger partial charge in [0.15, 0.2) is 12.7 Å². The van der Waals surface area contributed by atoms with Crippen LogP contribution in [0.15, 0.2) is 77.8 Å². The zero-order valence-corrected chi connectivity index (χ0v) is 25.0. The summed E-state index contributed by atoms with van der Waals surface area (Å²) in [6.45, 7) is 3.50. The van der Waals surface area contributed by atoms with Crippen LogP contribution in [0, 0.1) is 0 Å². The van der Waals surface area contributed by atoms with Gasteiger partial charge in [0.05, 0.1) is 12.0 Å². The molecule has 0 amide bonds. The van der Waals surface area contributed by atoms with Crippen LogP contribution in [0.2, 0.25) is 0 Å². The summed E-state index contributed by atoms with van der Waals surface area (Å²) in [4.78, 5) is 12.9. The summed E-state index contributed by atoms with van der Waals surface area (Å²) >= 11 is 1.60. The Balaban J connectivity index is 1.29. The lowest BCUT2D eigenvalue weighted by Crippen LogP contribution is -2.30. The highest BCUT2D eigenvalue weighted by molar-refractivity contribution is 7.46. The molecule has 0 spiro atoms. The number of ether oxygens (including phenoxy) is 1. The third-order valence-corrected chi connectivity index (χ3v) is 8.34. The highest BCUT2D eigenvalue weighted by atomic mass is 32.1. The molecule has 1 heterocycles. The molecule has 3 aromatic carbocycles. The number of aromatic nitrogens is 1. The zero-order valence-electron chi connectivity index (χ0n) is 23.3. The summed E-state index contributed by atoms with van der Waals surface area (Å²) in [7, 11) is -4.69. The Labute approximate surface area is 242 Å². The molecule has 6 nitrogen and oxygen atoms in total. The molecular formula is C32H40NO5PS. The van der Waals surface area contributed by atoms with Crippen LogP contribution in [0.25, 0.3) is 10.8 Å². The minimum absolute atomic E-state index is 0.213. The lowest BCUT2D eigenvalue weighted by Gasteiger charge is -2.24. The summed E-state index contributed by atoms with van der Waals surface area (Å²) in [5.41, 5.74) is 2.92. The number of hydrogen-bond acceptors (Lipinski definition) is 6. The molecule has 8 heteroatoms. The predicted octanol–water partition coefficient (Wildman–Crippen LogP) is 8.46. The van der Waals surface area contributed by atoms with Gasteiger partial charge in [-0.2, -0.15) is 4.57 Å². The molecule has 4 aromatic rings. The average Bonchev–Trinajstić information content (AvgIpc) is 3.45. The first-order chi connectivity index (χ1) is 19.5. The van der Waals surface area contributed by atoms with E-state index in [1.807, 2.05) is 52.0 Å². The van der Waals surface area contributed by atoms with Gasteiger partial charge in [-0.05, 0) is 30.7 Å². The molecule has 0 saturated heterocycles. The number of benzene rings is 3. The van der Waals surface area contributed by atoms with Crippen LogP contribution in [-0.4, -0.2) is 6.61 Å². The summed E-state index contributed by atoms with van der Waals surface area (Å²) in [6, 6.07) is 17.9. The van der Waals surface area contributed by atoms with Gasteiger partial charge >= 0.3 is 7.82 Å². The van der Waals surface area contributed by atoms with E-state index in [1.165, 1.54) is 51.4 Å². The van der Waals surface area contributed by atoms with Crippen LogP contribution < -0.4 is 23.2 Å². The minimum Gasteiger partial charge on any atom is -0.736 e. The number of fused-ring (bicyclic) bond motifs is 1. The van der Waals surface area contributed by atoms with Crippen LogP contribution in [-0.2, 0) is 11.1 Å². The summed E-state index contributed by atoms with van der Waals surface area (Å²) in [5, 5.41) is 3.45. The molecule has 4 rings (SSSR count). The number of unbranched alkanes of at least 4 members (excludes halogenated alkanes) is 9. The van der Waals surface area contributed by atoms with E-state index < -0.39 is 7.82 Å². The Kier molecular flexibility index (Phi) is 11.9. The average molecular weight is 582 g/mol. The number of phosphoric acid groups is 1. The van der Waals surface area contributed by atoms with Crippen molar-refractivity contribution in [2.24, 2.45) is 0 Å². The Bertz CT molecular complexity index is 1360. The van der Waals surface area contributed by atoms with Gasteiger partial charge < -0.3 is 18.7 Å². The molecule has 1 atom stereocenters. The fraction of sp³-hybridized carbons (Fsp3) is 0.406. The Morgan fingerprint density at radius 1 is 0.800 bits per heavy atom. The van der Waals surface area contributed by atoms with Crippen molar-refractivity contribution in [3.8, 4) is 17.2 Å². The normalized spacial score (nSPS) is 12.8. The number of hydrogen-bond donors (Lipinski definition) is 0. The van der Waals surface area contributed by atoms with Crippen LogP contribution in [0.1, 0.15) is 76.7 Å². The summed E-state index contributed by atoms with van der Waals surface area (Å²) < 4.78 is 31.7. The predicted molar refractivity (Wildman–Crippen MR) is 160 cm³/mol. The van der Waals surface area contributed by atoms with Crippen molar-refractivity contribution in [2.75, 3.05) is 6.61 Å². The molecule has 0 saturated carbocycles. The van der Waals surface area contributed by atoms with Crippen molar-refractivity contribution >= 4 is 29.9 Å². The fourth-order valence-electron chi connectivity index (χ4n) is 4.76. The number of thiazole rings is 1. The molecule has 0 N–H and O–H groups in total. The smallest absolute Gasteiger partial charge is 0.372 e. The largest absolute Gasteiger partial charge is 0.736 e. The van der Waals surface area contributed by atoms with Gasteiger partial charge in [0.1, 0.15) is 17.2 Å². The van der Waals surface area contributed by atoms with E-state index in [0.29, 0.717) is 18.5 Å². The first-order valence-electron chi connectivity index (χ1n) is 14.4. The van der Waals surface area contributed by atoms with Gasteiger partial charge in [-0.25, -0.2) is 4.57 Å². The van der Waals surface area contributed by atoms with Crippen LogP contribution in [0.3, 0.4) is 0 Å². The maximum atomic E-state index is 12.9. The molecular weight excluding hydrogens is 541 g/mol. The van der Waals surface area contributed by atoms with Gasteiger partial charge in [-0.3, -0.25) is 0 Å². The minimum atomic E-state index is -4.69. The van der Waals surface area contributed by atoms with Crippen LogP contribution in [0.4, 0.5) is 0 Å². The third-order valence-electron chi connectivity index (χ3n) is 6.82. The van der Waals surface area contributed by atoms with Crippen molar-refractivity contribution in [1.29, 1.82) is 0 Å². The van der Waals surface area contributed by atoms with E-state index in [4.69, 9.17) is 13.8 Å². The van der Waals surface area contributed by atoms with E-state index in [0.717, 1.165) is 29.5 Å². The van der Waals surface area contributed by atoms with Crippen LogP contribution >= 0.6 is 19.2 Å². The lowest BCUT2D eigenvalue weighted by molar-refractivity contribution is -0.683. The molecule has 1 unspecified atom stereocenters. The monoisotopic (exact) mass is 581 g/mol. The molecule has 0 aliphatic heterocycles. The van der Waals surface area contributed by atoms with Crippen molar-refractivity contribution < 1.29 is 27.8 Å². The SMILES string of the molecule is CCCCCCCCCCCCOc1cccc2c(OP(=O)([O-])Oc3cccc(C[n+]4ccsc4)c3)cccc12. The third kappa shape index (κ3) is 9.65. The van der Waals surface area contributed by atoms with Gasteiger partial charge in [-0.15, -0.1) is 0 Å². The van der Waals surface area contributed by atoms with E-state index >= 15 is 0 Å². The molecule has 0 fully saturated rings. The van der Waals surface area contributed by atoms with E-state index in [9.17, 15) is 9.46 Å². The zero-order chi connectivity index (χ0) is 28.0. The number of rotatable bonds is 18. The van der Waals surface area contributed by atoms with Crippen molar-refractivity contribution in [3.63, 3.8) is 0 Å². The Morgan fingerprint density at radius 2 is 1.45 bits per heavy atom. The number of nitrogens with zero attached hydrogens (tertiary/aromatic N) is 1. The molecule has 0 aliphatic rings. The highest BCUT2D eigenvalue weighted by Crippen LogP contribution is 2.44. The molecule has 0 bridgehead atoms. The second kappa shape index (κ2) is 15.8. The first-order valence-corrected chi connectivity index (χ1v) is 16.8.